The second kappa shape index (κ2) is 5.41. The lowest BCUT2D eigenvalue weighted by Gasteiger charge is -2.23. The molecule has 1 N–H and O–H groups in total. The molecule has 3 nitrogen and oxygen atoms in total. The van der Waals surface area contributed by atoms with Gasteiger partial charge in [0.25, 0.3) is 0 Å². The predicted octanol–water partition coefficient (Wildman–Crippen LogP) is 2.08. The van der Waals surface area contributed by atoms with Gasteiger partial charge < -0.3 is 10.1 Å². The Morgan fingerprint density at radius 2 is 2.50 bits per heavy atom. The Morgan fingerprint density at radius 3 is 3.12 bits per heavy atom. The first-order valence-corrected chi connectivity index (χ1v) is 6.05. The van der Waals surface area contributed by atoms with E-state index < -0.39 is 0 Å². The van der Waals surface area contributed by atoms with Gasteiger partial charge in [0.15, 0.2) is 0 Å². The number of hydrogen-bond donors (Lipinski definition) is 1. The van der Waals surface area contributed by atoms with Crippen molar-refractivity contribution < 1.29 is 4.74 Å². The maximum atomic E-state index is 5.48. The van der Waals surface area contributed by atoms with Crippen LogP contribution in [0.3, 0.4) is 0 Å². The van der Waals surface area contributed by atoms with Crippen LogP contribution >= 0.6 is 0 Å². The minimum absolute atomic E-state index is 0.411. The molecule has 0 aliphatic carbocycles. The van der Waals surface area contributed by atoms with Crippen LogP contribution in [0, 0.1) is 12.8 Å². The van der Waals surface area contributed by atoms with Gasteiger partial charge in [0.2, 0.25) is 0 Å². The molecule has 0 aromatic carbocycles. The number of pyridine rings is 1. The molecule has 88 valence electrons. The highest BCUT2D eigenvalue weighted by atomic mass is 16.5. The molecule has 2 atom stereocenters. The maximum Gasteiger partial charge on any atom is 0.0513 e. The Morgan fingerprint density at radius 1 is 1.62 bits per heavy atom. The Hall–Kier alpha value is -0.930. The number of nitrogens with zero attached hydrogens (tertiary/aromatic N) is 1. The zero-order valence-electron chi connectivity index (χ0n) is 10.1. The zero-order valence-corrected chi connectivity index (χ0v) is 10.1. The van der Waals surface area contributed by atoms with Gasteiger partial charge in [-0.15, -0.1) is 0 Å². The van der Waals surface area contributed by atoms with Crippen LogP contribution in [-0.2, 0) is 4.74 Å². The van der Waals surface area contributed by atoms with Crippen LogP contribution in [0.5, 0.6) is 0 Å². The molecule has 2 rings (SSSR count). The van der Waals surface area contributed by atoms with E-state index in [0.717, 1.165) is 31.9 Å². The lowest BCUT2D eigenvalue weighted by Crippen LogP contribution is -2.28. The molecule has 1 fully saturated rings. The SMILES string of the molecule is CCNC(c1ccnc(C)c1)C1CCOC1. The molecule has 1 aliphatic rings. The number of rotatable bonds is 4. The second-order valence-electron chi connectivity index (χ2n) is 4.39. The molecular weight excluding hydrogens is 200 g/mol. The monoisotopic (exact) mass is 220 g/mol. The molecule has 16 heavy (non-hydrogen) atoms. The van der Waals surface area contributed by atoms with Crippen molar-refractivity contribution in [3.05, 3.63) is 29.6 Å². The fourth-order valence-corrected chi connectivity index (χ4v) is 2.35. The van der Waals surface area contributed by atoms with E-state index in [-0.39, 0.29) is 0 Å². The van der Waals surface area contributed by atoms with E-state index in [1.54, 1.807) is 0 Å². The molecule has 0 spiro atoms. The first-order valence-electron chi connectivity index (χ1n) is 6.05. The molecule has 0 radical (unpaired) electrons. The van der Waals surface area contributed by atoms with E-state index in [0.29, 0.717) is 12.0 Å². The van der Waals surface area contributed by atoms with Crippen molar-refractivity contribution in [3.8, 4) is 0 Å². The molecule has 2 unspecified atom stereocenters. The van der Waals surface area contributed by atoms with E-state index in [9.17, 15) is 0 Å². The van der Waals surface area contributed by atoms with Crippen molar-refractivity contribution in [3.63, 3.8) is 0 Å². The van der Waals surface area contributed by atoms with Gasteiger partial charge in [0.1, 0.15) is 0 Å². The summed E-state index contributed by atoms with van der Waals surface area (Å²) in [7, 11) is 0. The third-order valence-corrected chi connectivity index (χ3v) is 3.14. The minimum atomic E-state index is 0.411. The van der Waals surface area contributed by atoms with Crippen LogP contribution in [0.15, 0.2) is 18.3 Å². The molecule has 3 heteroatoms. The quantitative estimate of drug-likeness (QED) is 0.843. The Bertz CT molecular complexity index is 334. The number of aromatic nitrogens is 1. The summed E-state index contributed by atoms with van der Waals surface area (Å²) in [6.07, 6.45) is 3.05. The second-order valence-corrected chi connectivity index (χ2v) is 4.39. The molecule has 1 aromatic rings. The van der Waals surface area contributed by atoms with Gasteiger partial charge in [-0.2, -0.15) is 0 Å². The number of ether oxygens (including phenoxy) is 1. The van der Waals surface area contributed by atoms with Crippen molar-refractivity contribution in [2.45, 2.75) is 26.3 Å². The van der Waals surface area contributed by atoms with Crippen molar-refractivity contribution in [1.29, 1.82) is 0 Å². The summed E-state index contributed by atoms with van der Waals surface area (Å²) in [5.74, 6) is 0.599. The van der Waals surface area contributed by atoms with Gasteiger partial charge >= 0.3 is 0 Å². The molecule has 1 saturated heterocycles. The summed E-state index contributed by atoms with van der Waals surface area (Å²) in [6, 6.07) is 4.69. The van der Waals surface area contributed by atoms with Crippen LogP contribution in [0.4, 0.5) is 0 Å². The van der Waals surface area contributed by atoms with Gasteiger partial charge in [-0.3, -0.25) is 4.98 Å². The van der Waals surface area contributed by atoms with Gasteiger partial charge in [0.05, 0.1) is 6.61 Å². The fourth-order valence-electron chi connectivity index (χ4n) is 2.35. The van der Waals surface area contributed by atoms with E-state index in [1.165, 1.54) is 5.56 Å². The molecule has 0 saturated carbocycles. The highest BCUT2D eigenvalue weighted by Gasteiger charge is 2.26. The average molecular weight is 220 g/mol. The molecular formula is C13H20N2O. The first-order chi connectivity index (χ1) is 7.81. The lowest BCUT2D eigenvalue weighted by atomic mass is 9.92. The van der Waals surface area contributed by atoms with Crippen molar-refractivity contribution in [1.82, 2.24) is 10.3 Å². The van der Waals surface area contributed by atoms with Crippen LogP contribution in [0.25, 0.3) is 0 Å². The van der Waals surface area contributed by atoms with Crippen molar-refractivity contribution >= 4 is 0 Å². The largest absolute Gasteiger partial charge is 0.381 e. The number of aryl methyl sites for hydroxylation is 1. The highest BCUT2D eigenvalue weighted by Crippen LogP contribution is 2.28. The molecule has 2 heterocycles. The normalized spacial score (nSPS) is 22.2. The Balaban J connectivity index is 2.17. The average Bonchev–Trinajstić information content (AvgIpc) is 2.79. The molecule has 0 amide bonds. The van der Waals surface area contributed by atoms with Crippen LogP contribution in [0.2, 0.25) is 0 Å². The third kappa shape index (κ3) is 2.60. The molecule has 1 aromatic heterocycles. The summed E-state index contributed by atoms with van der Waals surface area (Å²) in [5.41, 5.74) is 2.42. The zero-order chi connectivity index (χ0) is 11.4. The first kappa shape index (κ1) is 11.6. The fraction of sp³-hybridized carbons (Fsp3) is 0.615. The summed E-state index contributed by atoms with van der Waals surface area (Å²) in [6.45, 7) is 6.95. The summed E-state index contributed by atoms with van der Waals surface area (Å²) in [5, 5.41) is 3.56. The highest BCUT2D eigenvalue weighted by molar-refractivity contribution is 5.20. The Kier molecular flexibility index (Phi) is 3.91. The third-order valence-electron chi connectivity index (χ3n) is 3.14. The standard InChI is InChI=1S/C13H20N2O/c1-3-14-13(12-5-7-16-9-12)11-4-6-15-10(2)8-11/h4,6,8,12-14H,3,5,7,9H2,1-2H3. The van der Waals surface area contributed by atoms with Crippen molar-refractivity contribution in [2.75, 3.05) is 19.8 Å². The van der Waals surface area contributed by atoms with E-state index in [2.05, 4.69) is 29.4 Å². The minimum Gasteiger partial charge on any atom is -0.381 e. The Labute approximate surface area is 97.2 Å². The van der Waals surface area contributed by atoms with Crippen LogP contribution in [0.1, 0.15) is 30.6 Å². The van der Waals surface area contributed by atoms with Crippen LogP contribution in [-0.4, -0.2) is 24.7 Å². The summed E-state index contributed by atoms with van der Waals surface area (Å²) in [4.78, 5) is 4.25. The van der Waals surface area contributed by atoms with E-state index >= 15 is 0 Å². The molecule has 1 aliphatic heterocycles. The predicted molar refractivity (Wildman–Crippen MR) is 64.3 cm³/mol. The number of nitrogens with one attached hydrogen (secondary N) is 1. The van der Waals surface area contributed by atoms with Gasteiger partial charge in [-0.1, -0.05) is 6.92 Å². The smallest absolute Gasteiger partial charge is 0.0513 e. The van der Waals surface area contributed by atoms with Gasteiger partial charge in [0, 0.05) is 30.5 Å². The van der Waals surface area contributed by atoms with E-state index in [4.69, 9.17) is 4.74 Å². The summed E-state index contributed by atoms with van der Waals surface area (Å²) < 4.78 is 5.48. The lowest BCUT2D eigenvalue weighted by molar-refractivity contribution is 0.177. The van der Waals surface area contributed by atoms with Crippen molar-refractivity contribution in [2.24, 2.45) is 5.92 Å². The number of hydrogen-bond acceptors (Lipinski definition) is 3. The van der Waals surface area contributed by atoms with Gasteiger partial charge in [-0.05, 0) is 37.6 Å². The molecule has 0 bridgehead atoms. The summed E-state index contributed by atoms with van der Waals surface area (Å²) >= 11 is 0. The maximum absolute atomic E-state index is 5.48. The topological polar surface area (TPSA) is 34.2 Å². The van der Waals surface area contributed by atoms with Crippen LogP contribution < -0.4 is 5.32 Å². The van der Waals surface area contributed by atoms with E-state index in [1.807, 2.05) is 13.1 Å². The van der Waals surface area contributed by atoms with Gasteiger partial charge in [-0.25, -0.2) is 0 Å².